The molecule has 6 heteroatoms. The van der Waals surface area contributed by atoms with Crippen LogP contribution in [0, 0.1) is 13.8 Å². The van der Waals surface area contributed by atoms with Crippen molar-refractivity contribution < 1.29 is 19.4 Å². The summed E-state index contributed by atoms with van der Waals surface area (Å²) in [6, 6.07) is 15.6. The first-order chi connectivity index (χ1) is 14.9. The number of amides is 1. The Labute approximate surface area is 185 Å². The normalized spacial score (nSPS) is 19.5. The zero-order chi connectivity index (χ0) is 22.1. The number of para-hydroxylation sites is 1. The van der Waals surface area contributed by atoms with Crippen LogP contribution in [0.25, 0.3) is 0 Å². The van der Waals surface area contributed by atoms with Gasteiger partial charge in [0.05, 0.1) is 18.7 Å². The van der Waals surface area contributed by atoms with Crippen molar-refractivity contribution in [3.05, 3.63) is 59.7 Å². The summed E-state index contributed by atoms with van der Waals surface area (Å²) in [5.41, 5.74) is 1.40. The molecule has 1 atom stereocenters. The highest BCUT2D eigenvalue weighted by atomic mass is 16.5. The molecule has 0 saturated carbocycles. The van der Waals surface area contributed by atoms with Crippen LogP contribution in [0.15, 0.2) is 48.5 Å². The van der Waals surface area contributed by atoms with E-state index in [2.05, 4.69) is 23.2 Å². The van der Waals surface area contributed by atoms with Crippen molar-refractivity contribution in [1.82, 2.24) is 10.2 Å². The summed E-state index contributed by atoms with van der Waals surface area (Å²) in [5.74, 6) is 1.59. The molecule has 1 amide bonds. The summed E-state index contributed by atoms with van der Waals surface area (Å²) in [5, 5.41) is 13.9. The van der Waals surface area contributed by atoms with Gasteiger partial charge in [-0.3, -0.25) is 9.69 Å². The van der Waals surface area contributed by atoms with Crippen LogP contribution in [0.5, 0.6) is 11.5 Å². The quantitative estimate of drug-likeness (QED) is 0.603. The molecular weight excluding hydrogens is 392 g/mol. The fourth-order valence-corrected chi connectivity index (χ4v) is 3.85. The molecular formula is C25H34N2O4. The van der Waals surface area contributed by atoms with Gasteiger partial charge in [0.1, 0.15) is 24.7 Å². The van der Waals surface area contributed by atoms with Gasteiger partial charge in [0.2, 0.25) is 5.91 Å². The minimum atomic E-state index is -0.869. The first-order valence-electron chi connectivity index (χ1n) is 11.0. The van der Waals surface area contributed by atoms with Gasteiger partial charge < -0.3 is 19.9 Å². The summed E-state index contributed by atoms with van der Waals surface area (Å²) in [4.78, 5) is 14.4. The van der Waals surface area contributed by atoms with Gasteiger partial charge in [-0.15, -0.1) is 0 Å². The second kappa shape index (κ2) is 11.2. The van der Waals surface area contributed by atoms with E-state index in [-0.39, 0.29) is 12.5 Å². The highest BCUT2D eigenvalue weighted by molar-refractivity contribution is 5.78. The third-order valence-corrected chi connectivity index (χ3v) is 5.64. The molecule has 31 heavy (non-hydrogen) atoms. The van der Waals surface area contributed by atoms with Crippen molar-refractivity contribution >= 4 is 5.91 Å². The van der Waals surface area contributed by atoms with Crippen LogP contribution in [0.1, 0.15) is 30.4 Å². The van der Waals surface area contributed by atoms with Crippen molar-refractivity contribution in [2.45, 2.75) is 38.7 Å². The molecule has 1 saturated heterocycles. The molecule has 6 nitrogen and oxygen atoms in total. The summed E-state index contributed by atoms with van der Waals surface area (Å²) < 4.78 is 11.5. The van der Waals surface area contributed by atoms with E-state index in [1.807, 2.05) is 49.4 Å². The average Bonchev–Trinajstić information content (AvgIpc) is 2.93. The number of likely N-dealkylation sites (tertiary alicyclic amines) is 1. The lowest BCUT2D eigenvalue weighted by Crippen LogP contribution is -2.41. The molecule has 1 fully saturated rings. The van der Waals surface area contributed by atoms with Gasteiger partial charge in [-0.05, 0) is 63.4 Å². The molecule has 0 radical (unpaired) electrons. The van der Waals surface area contributed by atoms with Crippen molar-refractivity contribution in [1.29, 1.82) is 0 Å². The minimum Gasteiger partial charge on any atom is -0.492 e. The van der Waals surface area contributed by atoms with Crippen molar-refractivity contribution in [2.75, 3.05) is 39.4 Å². The lowest BCUT2D eigenvalue weighted by Gasteiger charge is -2.27. The number of rotatable bonds is 9. The van der Waals surface area contributed by atoms with Crippen LogP contribution in [0.2, 0.25) is 0 Å². The van der Waals surface area contributed by atoms with Gasteiger partial charge in [-0.2, -0.15) is 0 Å². The van der Waals surface area contributed by atoms with E-state index in [4.69, 9.17) is 9.47 Å². The Bertz CT molecular complexity index is 843. The SMILES string of the molecule is Cc1ccc(OCC2(O)CCCN(CC(=O)NCCOc3ccccc3)CC2)c(C)c1. The van der Waals surface area contributed by atoms with Gasteiger partial charge in [0.25, 0.3) is 0 Å². The van der Waals surface area contributed by atoms with E-state index in [1.165, 1.54) is 5.56 Å². The van der Waals surface area contributed by atoms with Crippen LogP contribution in [-0.2, 0) is 4.79 Å². The summed E-state index contributed by atoms with van der Waals surface area (Å²) in [7, 11) is 0. The largest absolute Gasteiger partial charge is 0.492 e. The van der Waals surface area contributed by atoms with E-state index in [9.17, 15) is 9.90 Å². The molecule has 0 spiro atoms. The highest BCUT2D eigenvalue weighted by Gasteiger charge is 2.31. The number of ether oxygens (including phenoxy) is 2. The second-order valence-corrected chi connectivity index (χ2v) is 8.42. The Hall–Kier alpha value is -2.57. The first kappa shape index (κ1) is 23.1. The smallest absolute Gasteiger partial charge is 0.234 e. The molecule has 0 aromatic heterocycles. The number of hydrogen-bond donors (Lipinski definition) is 2. The Morgan fingerprint density at radius 2 is 1.90 bits per heavy atom. The maximum Gasteiger partial charge on any atom is 0.234 e. The van der Waals surface area contributed by atoms with E-state index in [0.717, 1.165) is 30.0 Å². The Morgan fingerprint density at radius 1 is 1.10 bits per heavy atom. The summed E-state index contributed by atoms with van der Waals surface area (Å²) >= 11 is 0. The predicted octanol–water partition coefficient (Wildman–Crippen LogP) is 3.09. The maximum absolute atomic E-state index is 12.3. The van der Waals surface area contributed by atoms with Gasteiger partial charge in [0.15, 0.2) is 0 Å². The van der Waals surface area contributed by atoms with E-state index >= 15 is 0 Å². The number of carbonyl (C=O) groups excluding carboxylic acids is 1. The molecule has 0 bridgehead atoms. The number of hydrogen-bond acceptors (Lipinski definition) is 5. The molecule has 1 unspecified atom stereocenters. The standard InChI is InChI=1S/C25H34N2O4/c1-20-9-10-23(21(2)17-20)31-19-25(29)11-6-14-27(15-12-25)18-24(28)26-13-16-30-22-7-4-3-5-8-22/h3-5,7-10,17,29H,6,11-16,18-19H2,1-2H3,(H,26,28). The Balaban J connectivity index is 1.38. The molecule has 0 aliphatic carbocycles. The lowest BCUT2D eigenvalue weighted by atomic mass is 9.96. The zero-order valence-corrected chi connectivity index (χ0v) is 18.6. The predicted molar refractivity (Wildman–Crippen MR) is 122 cm³/mol. The number of benzene rings is 2. The third kappa shape index (κ3) is 7.56. The van der Waals surface area contributed by atoms with Gasteiger partial charge in [0, 0.05) is 6.54 Å². The molecule has 168 valence electrons. The third-order valence-electron chi connectivity index (χ3n) is 5.64. The number of nitrogens with one attached hydrogen (secondary N) is 1. The van der Waals surface area contributed by atoms with Crippen LogP contribution in [0.4, 0.5) is 0 Å². The van der Waals surface area contributed by atoms with Gasteiger partial charge >= 0.3 is 0 Å². The topological polar surface area (TPSA) is 71.0 Å². The van der Waals surface area contributed by atoms with Crippen molar-refractivity contribution in [3.8, 4) is 11.5 Å². The lowest BCUT2D eigenvalue weighted by molar-refractivity contribution is -0.122. The maximum atomic E-state index is 12.3. The second-order valence-electron chi connectivity index (χ2n) is 8.42. The molecule has 1 aliphatic rings. The Kier molecular flexibility index (Phi) is 8.32. The summed E-state index contributed by atoms with van der Waals surface area (Å²) in [6.45, 7) is 7.04. The average molecular weight is 427 g/mol. The minimum absolute atomic E-state index is 0.0198. The fraction of sp³-hybridized carbons (Fsp3) is 0.480. The Morgan fingerprint density at radius 3 is 2.68 bits per heavy atom. The molecule has 2 aromatic rings. The zero-order valence-electron chi connectivity index (χ0n) is 18.6. The molecule has 2 N–H and O–H groups in total. The first-order valence-corrected chi connectivity index (χ1v) is 11.0. The molecule has 1 aliphatic heterocycles. The van der Waals surface area contributed by atoms with E-state index in [1.54, 1.807) is 0 Å². The van der Waals surface area contributed by atoms with Crippen LogP contribution >= 0.6 is 0 Å². The van der Waals surface area contributed by atoms with Crippen molar-refractivity contribution in [3.63, 3.8) is 0 Å². The van der Waals surface area contributed by atoms with Crippen molar-refractivity contribution in [2.24, 2.45) is 0 Å². The van der Waals surface area contributed by atoms with Gasteiger partial charge in [-0.25, -0.2) is 0 Å². The highest BCUT2D eigenvalue weighted by Crippen LogP contribution is 2.25. The molecule has 1 heterocycles. The fourth-order valence-electron chi connectivity index (χ4n) is 3.85. The van der Waals surface area contributed by atoms with E-state index in [0.29, 0.717) is 39.1 Å². The molecule has 2 aromatic carbocycles. The number of carbonyl (C=O) groups is 1. The van der Waals surface area contributed by atoms with E-state index < -0.39 is 5.60 Å². The molecule has 3 rings (SSSR count). The monoisotopic (exact) mass is 426 g/mol. The number of aliphatic hydroxyl groups is 1. The number of aryl methyl sites for hydroxylation is 2. The number of nitrogens with zero attached hydrogens (tertiary/aromatic N) is 1. The van der Waals surface area contributed by atoms with Gasteiger partial charge in [-0.1, -0.05) is 35.9 Å². The van der Waals surface area contributed by atoms with Crippen LogP contribution < -0.4 is 14.8 Å². The van der Waals surface area contributed by atoms with Crippen LogP contribution in [-0.4, -0.2) is 60.9 Å². The van der Waals surface area contributed by atoms with Crippen LogP contribution in [0.3, 0.4) is 0 Å². The summed E-state index contributed by atoms with van der Waals surface area (Å²) in [6.07, 6.45) is 2.08.